The van der Waals surface area contributed by atoms with Crippen LogP contribution in [0.25, 0.3) is 0 Å². The van der Waals surface area contributed by atoms with E-state index in [0.717, 1.165) is 0 Å². The van der Waals surface area contributed by atoms with E-state index in [1.54, 1.807) is 0 Å². The van der Waals surface area contributed by atoms with Crippen LogP contribution in [0.1, 0.15) is 47.0 Å². The molecule has 5 nitrogen and oxygen atoms in total. The highest BCUT2D eigenvalue weighted by molar-refractivity contribution is 5.77. The van der Waals surface area contributed by atoms with Gasteiger partial charge in [0.2, 0.25) is 5.91 Å². The summed E-state index contributed by atoms with van der Waals surface area (Å²) in [6.45, 7) is 7.85. The predicted molar refractivity (Wildman–Crippen MR) is 71.1 cm³/mol. The van der Waals surface area contributed by atoms with Crippen LogP contribution in [0.5, 0.6) is 0 Å². The lowest BCUT2D eigenvalue weighted by Gasteiger charge is -2.19. The normalized spacial score (nSPS) is 13.4. The summed E-state index contributed by atoms with van der Waals surface area (Å²) in [7, 11) is 0. The van der Waals surface area contributed by atoms with Crippen LogP contribution in [-0.2, 0) is 9.59 Å². The molecule has 1 unspecified atom stereocenters. The van der Waals surface area contributed by atoms with Crippen molar-refractivity contribution in [1.29, 1.82) is 0 Å². The molecule has 0 aromatic carbocycles. The molecule has 0 saturated heterocycles. The van der Waals surface area contributed by atoms with Crippen molar-refractivity contribution < 1.29 is 14.7 Å². The Bertz CT molecular complexity index is 282. The van der Waals surface area contributed by atoms with Crippen molar-refractivity contribution in [3.63, 3.8) is 0 Å². The van der Waals surface area contributed by atoms with E-state index in [4.69, 9.17) is 10.8 Å². The van der Waals surface area contributed by atoms with Gasteiger partial charge in [0.1, 0.15) is 0 Å². The number of amides is 1. The Balaban J connectivity index is 4.04. The van der Waals surface area contributed by atoms with Crippen LogP contribution in [0.15, 0.2) is 0 Å². The molecule has 0 fully saturated rings. The molecule has 0 rings (SSSR count). The molecule has 0 radical (unpaired) electrons. The summed E-state index contributed by atoms with van der Waals surface area (Å²) < 4.78 is 0. The molecular formula is C13H26N2O3. The number of carboxylic acids is 1. The predicted octanol–water partition coefficient (Wildman–Crippen LogP) is 1.37. The Morgan fingerprint density at radius 3 is 2.28 bits per heavy atom. The zero-order valence-electron chi connectivity index (χ0n) is 11.8. The molecule has 0 spiro atoms. The molecule has 0 aromatic heterocycles. The first-order chi connectivity index (χ1) is 8.11. The molecule has 1 amide bonds. The van der Waals surface area contributed by atoms with Crippen molar-refractivity contribution in [2.24, 2.45) is 17.6 Å². The minimum Gasteiger partial charge on any atom is -0.481 e. The van der Waals surface area contributed by atoms with E-state index in [2.05, 4.69) is 5.32 Å². The van der Waals surface area contributed by atoms with Gasteiger partial charge in [-0.3, -0.25) is 9.59 Å². The molecule has 18 heavy (non-hydrogen) atoms. The maximum absolute atomic E-state index is 11.5. The Kier molecular flexibility index (Phi) is 6.91. The van der Waals surface area contributed by atoms with Crippen LogP contribution in [0, 0.1) is 11.8 Å². The lowest BCUT2D eigenvalue weighted by Crippen LogP contribution is -2.37. The molecule has 5 heteroatoms. The van der Waals surface area contributed by atoms with E-state index in [1.165, 1.54) is 0 Å². The van der Waals surface area contributed by atoms with Gasteiger partial charge in [0.15, 0.2) is 0 Å². The van der Waals surface area contributed by atoms with Crippen molar-refractivity contribution in [2.45, 2.75) is 52.5 Å². The second-order valence-electron chi connectivity index (χ2n) is 5.96. The van der Waals surface area contributed by atoms with Crippen LogP contribution in [0.2, 0.25) is 0 Å². The smallest absolute Gasteiger partial charge is 0.308 e. The lowest BCUT2D eigenvalue weighted by atomic mass is 9.96. The molecule has 106 valence electrons. The van der Waals surface area contributed by atoms with Gasteiger partial charge in [0, 0.05) is 18.5 Å². The zero-order chi connectivity index (χ0) is 14.3. The average Bonchev–Trinajstić information content (AvgIpc) is 2.19. The summed E-state index contributed by atoms with van der Waals surface area (Å²) in [4.78, 5) is 22.5. The molecule has 0 aliphatic heterocycles. The maximum Gasteiger partial charge on any atom is 0.308 e. The summed E-state index contributed by atoms with van der Waals surface area (Å²) in [5, 5.41) is 11.7. The molecule has 0 saturated carbocycles. The number of rotatable bonds is 8. The Labute approximate surface area is 109 Å². The number of carboxylic acid groups (broad SMARTS) is 1. The first-order valence-corrected chi connectivity index (χ1v) is 6.40. The molecule has 0 heterocycles. The third kappa shape index (κ3) is 8.98. The van der Waals surface area contributed by atoms with Gasteiger partial charge in [0.05, 0.1) is 5.92 Å². The highest BCUT2D eigenvalue weighted by Crippen LogP contribution is 2.11. The fourth-order valence-electron chi connectivity index (χ4n) is 1.60. The minimum atomic E-state index is -0.858. The first-order valence-electron chi connectivity index (χ1n) is 6.40. The monoisotopic (exact) mass is 258 g/mol. The topological polar surface area (TPSA) is 92.4 Å². The number of carbonyl (C=O) groups excluding carboxylic acids is 1. The fraction of sp³-hybridized carbons (Fsp3) is 0.846. The standard InChI is InChI=1S/C13H26N2O3/c1-9(2)7-10(12(17)18)8-15-11(16)5-6-13(3,4)14/h9-10H,5-8,14H2,1-4H3,(H,15,16)(H,17,18). The van der Waals surface area contributed by atoms with Crippen molar-refractivity contribution in [3.05, 3.63) is 0 Å². The quantitative estimate of drug-likeness (QED) is 0.613. The van der Waals surface area contributed by atoms with Crippen molar-refractivity contribution in [1.82, 2.24) is 5.32 Å². The van der Waals surface area contributed by atoms with Crippen LogP contribution in [0.3, 0.4) is 0 Å². The SMILES string of the molecule is CC(C)CC(CNC(=O)CCC(C)(C)N)C(=O)O. The van der Waals surface area contributed by atoms with Crippen molar-refractivity contribution in [2.75, 3.05) is 6.54 Å². The highest BCUT2D eigenvalue weighted by Gasteiger charge is 2.20. The summed E-state index contributed by atoms with van der Waals surface area (Å²) in [5.74, 6) is -1.21. The fourth-order valence-corrected chi connectivity index (χ4v) is 1.60. The molecule has 1 atom stereocenters. The molecule has 0 aliphatic carbocycles. The minimum absolute atomic E-state index is 0.136. The van der Waals surface area contributed by atoms with E-state index in [9.17, 15) is 9.59 Å². The van der Waals surface area contributed by atoms with Gasteiger partial charge in [-0.2, -0.15) is 0 Å². The first kappa shape index (κ1) is 16.9. The van der Waals surface area contributed by atoms with Crippen LogP contribution < -0.4 is 11.1 Å². The van der Waals surface area contributed by atoms with E-state index < -0.39 is 11.9 Å². The molecular weight excluding hydrogens is 232 g/mol. The third-order valence-electron chi connectivity index (χ3n) is 2.65. The maximum atomic E-state index is 11.5. The summed E-state index contributed by atoms with van der Waals surface area (Å²) in [5.41, 5.74) is 5.41. The Morgan fingerprint density at radius 1 is 1.33 bits per heavy atom. The van der Waals surface area contributed by atoms with Gasteiger partial charge in [-0.25, -0.2) is 0 Å². The summed E-state index contributed by atoms with van der Waals surface area (Å²) in [6.07, 6.45) is 1.48. The van der Waals surface area contributed by atoms with Crippen molar-refractivity contribution >= 4 is 11.9 Å². The van der Waals surface area contributed by atoms with Gasteiger partial charge in [-0.05, 0) is 32.6 Å². The van der Waals surface area contributed by atoms with E-state index in [0.29, 0.717) is 25.2 Å². The highest BCUT2D eigenvalue weighted by atomic mass is 16.4. The number of nitrogens with two attached hydrogens (primary N) is 1. The van der Waals surface area contributed by atoms with Crippen LogP contribution in [-0.4, -0.2) is 29.1 Å². The number of hydrogen-bond donors (Lipinski definition) is 3. The van der Waals surface area contributed by atoms with Crippen LogP contribution >= 0.6 is 0 Å². The van der Waals surface area contributed by atoms with E-state index in [-0.39, 0.29) is 18.0 Å². The van der Waals surface area contributed by atoms with Gasteiger partial charge < -0.3 is 16.2 Å². The largest absolute Gasteiger partial charge is 0.481 e. The lowest BCUT2D eigenvalue weighted by molar-refractivity contribution is -0.142. The van der Waals surface area contributed by atoms with Gasteiger partial charge in [-0.15, -0.1) is 0 Å². The Morgan fingerprint density at radius 2 is 1.89 bits per heavy atom. The second kappa shape index (κ2) is 7.36. The molecule has 0 bridgehead atoms. The summed E-state index contributed by atoms with van der Waals surface area (Å²) in [6, 6.07) is 0. The third-order valence-corrected chi connectivity index (χ3v) is 2.65. The summed E-state index contributed by atoms with van der Waals surface area (Å²) >= 11 is 0. The second-order valence-corrected chi connectivity index (χ2v) is 5.96. The van der Waals surface area contributed by atoms with Gasteiger partial charge in [-0.1, -0.05) is 13.8 Å². The number of aliphatic carboxylic acids is 1. The average molecular weight is 258 g/mol. The Hall–Kier alpha value is -1.10. The van der Waals surface area contributed by atoms with Gasteiger partial charge >= 0.3 is 5.97 Å². The number of carbonyl (C=O) groups is 2. The molecule has 4 N–H and O–H groups in total. The van der Waals surface area contributed by atoms with Gasteiger partial charge in [0.25, 0.3) is 0 Å². The zero-order valence-corrected chi connectivity index (χ0v) is 11.8. The number of nitrogens with one attached hydrogen (secondary N) is 1. The molecule has 0 aliphatic rings. The van der Waals surface area contributed by atoms with E-state index >= 15 is 0 Å². The van der Waals surface area contributed by atoms with E-state index in [1.807, 2.05) is 27.7 Å². The van der Waals surface area contributed by atoms with Crippen molar-refractivity contribution in [3.8, 4) is 0 Å². The van der Waals surface area contributed by atoms with Crippen LogP contribution in [0.4, 0.5) is 0 Å². The number of hydrogen-bond acceptors (Lipinski definition) is 3. The molecule has 0 aromatic rings.